The third-order valence-corrected chi connectivity index (χ3v) is 4.66. The number of hydrogen-bond donors (Lipinski definition) is 3. The van der Waals surface area contributed by atoms with Gasteiger partial charge in [0.1, 0.15) is 13.2 Å². The van der Waals surface area contributed by atoms with Crippen LogP contribution in [-0.4, -0.2) is 106 Å². The van der Waals surface area contributed by atoms with Crippen LogP contribution in [0.15, 0.2) is 0 Å². The van der Waals surface area contributed by atoms with Crippen LogP contribution in [0.1, 0.15) is 38.5 Å². The van der Waals surface area contributed by atoms with Gasteiger partial charge in [0.2, 0.25) is 17.7 Å². The van der Waals surface area contributed by atoms with Crippen molar-refractivity contribution in [3.63, 3.8) is 0 Å². The SMILES string of the molecule is NC(=O)COCCCOCCCCCOCCCOCC(=O)NCC(=O)N1CCC(O)C1. The van der Waals surface area contributed by atoms with E-state index in [-0.39, 0.29) is 31.6 Å². The number of aliphatic hydroxyl groups excluding tert-OH is 1. The van der Waals surface area contributed by atoms with E-state index in [4.69, 9.17) is 24.7 Å². The monoisotopic (exact) mass is 461 g/mol. The molecule has 32 heavy (non-hydrogen) atoms. The van der Waals surface area contributed by atoms with Crippen molar-refractivity contribution in [1.29, 1.82) is 0 Å². The molecule has 1 aliphatic rings. The van der Waals surface area contributed by atoms with Crippen molar-refractivity contribution >= 4 is 17.7 Å². The summed E-state index contributed by atoms with van der Waals surface area (Å²) in [6.45, 7) is 4.06. The number of aliphatic hydroxyl groups is 1. The van der Waals surface area contributed by atoms with E-state index in [0.29, 0.717) is 65.6 Å². The van der Waals surface area contributed by atoms with Gasteiger partial charge in [0.15, 0.2) is 0 Å². The van der Waals surface area contributed by atoms with E-state index >= 15 is 0 Å². The van der Waals surface area contributed by atoms with Crippen LogP contribution in [0.4, 0.5) is 0 Å². The zero-order chi connectivity index (χ0) is 23.4. The fraction of sp³-hybridized carbons (Fsp3) is 0.857. The van der Waals surface area contributed by atoms with E-state index in [1.54, 1.807) is 4.90 Å². The highest BCUT2D eigenvalue weighted by Crippen LogP contribution is 2.08. The fourth-order valence-electron chi connectivity index (χ4n) is 2.96. The van der Waals surface area contributed by atoms with E-state index < -0.39 is 12.0 Å². The maximum Gasteiger partial charge on any atom is 0.246 e. The van der Waals surface area contributed by atoms with Crippen LogP contribution >= 0.6 is 0 Å². The highest BCUT2D eigenvalue weighted by atomic mass is 16.5. The molecule has 1 fully saturated rings. The van der Waals surface area contributed by atoms with Gasteiger partial charge in [0.25, 0.3) is 0 Å². The van der Waals surface area contributed by atoms with Gasteiger partial charge in [-0.1, -0.05) is 0 Å². The van der Waals surface area contributed by atoms with Gasteiger partial charge in [0.05, 0.1) is 12.6 Å². The zero-order valence-corrected chi connectivity index (χ0v) is 18.9. The number of carbonyl (C=O) groups is 3. The molecular weight excluding hydrogens is 422 g/mol. The van der Waals surface area contributed by atoms with Gasteiger partial charge < -0.3 is 40.0 Å². The van der Waals surface area contributed by atoms with Gasteiger partial charge in [0, 0.05) is 52.7 Å². The number of hydrogen-bond acceptors (Lipinski definition) is 8. The molecule has 1 rings (SSSR count). The molecule has 11 nitrogen and oxygen atoms in total. The molecule has 1 aliphatic heterocycles. The molecular formula is C21H39N3O8. The van der Waals surface area contributed by atoms with Crippen LogP contribution in [0.25, 0.3) is 0 Å². The van der Waals surface area contributed by atoms with Crippen LogP contribution in [-0.2, 0) is 33.3 Å². The largest absolute Gasteiger partial charge is 0.391 e. The van der Waals surface area contributed by atoms with E-state index in [0.717, 1.165) is 25.7 Å². The molecule has 0 saturated carbocycles. The van der Waals surface area contributed by atoms with Crippen LogP contribution in [0, 0.1) is 0 Å². The molecule has 0 bridgehead atoms. The van der Waals surface area contributed by atoms with Crippen LogP contribution in [0.3, 0.4) is 0 Å². The molecule has 0 aromatic carbocycles. The predicted octanol–water partition coefficient (Wildman–Crippen LogP) is -0.802. The second-order valence-electron chi connectivity index (χ2n) is 7.62. The Bertz CT molecular complexity index is 535. The first-order valence-electron chi connectivity index (χ1n) is 11.3. The number of β-amino-alcohol motifs (C(OH)–C–C–N with tert-alkyl or cyclic N) is 1. The van der Waals surface area contributed by atoms with Gasteiger partial charge in [-0.25, -0.2) is 0 Å². The predicted molar refractivity (Wildman–Crippen MR) is 116 cm³/mol. The number of carbonyl (C=O) groups excluding carboxylic acids is 3. The Hall–Kier alpha value is -1.79. The van der Waals surface area contributed by atoms with Gasteiger partial charge in [-0.2, -0.15) is 0 Å². The second-order valence-corrected chi connectivity index (χ2v) is 7.62. The number of ether oxygens (including phenoxy) is 4. The van der Waals surface area contributed by atoms with Gasteiger partial charge in [-0.05, 0) is 38.5 Å². The Kier molecular flexibility index (Phi) is 16.5. The van der Waals surface area contributed by atoms with Gasteiger partial charge in [-0.3, -0.25) is 14.4 Å². The molecule has 0 aliphatic carbocycles. The average Bonchev–Trinajstić information content (AvgIpc) is 3.20. The molecule has 3 amide bonds. The summed E-state index contributed by atoms with van der Waals surface area (Å²) >= 11 is 0. The van der Waals surface area contributed by atoms with Crippen molar-refractivity contribution in [3.8, 4) is 0 Å². The molecule has 1 heterocycles. The molecule has 0 radical (unpaired) electrons. The number of nitrogens with two attached hydrogens (primary N) is 1. The van der Waals surface area contributed by atoms with Crippen molar-refractivity contribution < 1.29 is 38.4 Å². The van der Waals surface area contributed by atoms with E-state index in [1.807, 2.05) is 0 Å². The third kappa shape index (κ3) is 15.9. The number of amides is 3. The topological polar surface area (TPSA) is 150 Å². The highest BCUT2D eigenvalue weighted by molar-refractivity contribution is 5.85. The second kappa shape index (κ2) is 18.8. The van der Waals surface area contributed by atoms with Crippen molar-refractivity contribution in [1.82, 2.24) is 10.2 Å². The molecule has 0 aromatic rings. The average molecular weight is 462 g/mol. The summed E-state index contributed by atoms with van der Waals surface area (Å²) < 4.78 is 21.3. The fourth-order valence-corrected chi connectivity index (χ4v) is 2.96. The molecule has 1 saturated heterocycles. The smallest absolute Gasteiger partial charge is 0.246 e. The summed E-state index contributed by atoms with van der Waals surface area (Å²) in [7, 11) is 0. The van der Waals surface area contributed by atoms with Crippen molar-refractivity contribution in [2.75, 3.05) is 72.5 Å². The molecule has 0 aromatic heterocycles. The Labute approximate surface area is 189 Å². The van der Waals surface area contributed by atoms with Gasteiger partial charge >= 0.3 is 0 Å². The summed E-state index contributed by atoms with van der Waals surface area (Å²) in [6, 6.07) is 0. The summed E-state index contributed by atoms with van der Waals surface area (Å²) in [5.41, 5.74) is 4.96. The number of rotatable bonds is 20. The van der Waals surface area contributed by atoms with Crippen LogP contribution in [0.2, 0.25) is 0 Å². The van der Waals surface area contributed by atoms with Crippen LogP contribution in [0.5, 0.6) is 0 Å². The minimum Gasteiger partial charge on any atom is -0.391 e. The standard InChI is InChI=1S/C21H39N3O8/c22-19(26)16-31-12-4-10-29-8-2-1-3-9-30-11-5-13-32-17-20(27)23-14-21(28)24-7-6-18(25)15-24/h18,25H,1-17H2,(H2,22,26)(H,23,27). The zero-order valence-electron chi connectivity index (χ0n) is 18.9. The Morgan fingerprint density at radius 1 is 0.844 bits per heavy atom. The normalized spacial score (nSPS) is 15.8. The Morgan fingerprint density at radius 3 is 1.97 bits per heavy atom. The minimum atomic E-state index is -0.465. The number of unbranched alkanes of at least 4 members (excludes halogenated alkanes) is 2. The summed E-state index contributed by atoms with van der Waals surface area (Å²) in [6.07, 6.45) is 4.48. The quantitative estimate of drug-likeness (QED) is 0.199. The molecule has 4 N–H and O–H groups in total. The lowest BCUT2D eigenvalue weighted by Crippen LogP contribution is -2.40. The first-order valence-corrected chi connectivity index (χ1v) is 11.3. The van der Waals surface area contributed by atoms with Gasteiger partial charge in [-0.15, -0.1) is 0 Å². The van der Waals surface area contributed by atoms with Crippen LogP contribution < -0.4 is 11.1 Å². The lowest BCUT2D eigenvalue weighted by molar-refractivity contribution is -0.133. The number of nitrogens with one attached hydrogen (secondary N) is 1. The van der Waals surface area contributed by atoms with E-state index in [9.17, 15) is 19.5 Å². The molecule has 186 valence electrons. The molecule has 11 heteroatoms. The first kappa shape index (κ1) is 28.2. The highest BCUT2D eigenvalue weighted by Gasteiger charge is 2.24. The third-order valence-electron chi connectivity index (χ3n) is 4.66. The number of likely N-dealkylation sites (tertiary alicyclic amines) is 1. The maximum absolute atomic E-state index is 11.9. The minimum absolute atomic E-state index is 0.0460. The van der Waals surface area contributed by atoms with E-state index in [1.165, 1.54) is 0 Å². The molecule has 1 atom stereocenters. The Balaban J connectivity index is 1.76. The van der Waals surface area contributed by atoms with Crippen molar-refractivity contribution in [2.45, 2.75) is 44.6 Å². The number of primary amides is 1. The van der Waals surface area contributed by atoms with Crippen molar-refractivity contribution in [3.05, 3.63) is 0 Å². The molecule has 0 spiro atoms. The molecule has 1 unspecified atom stereocenters. The number of nitrogens with zero attached hydrogens (tertiary/aromatic N) is 1. The summed E-state index contributed by atoms with van der Waals surface area (Å²) in [5, 5.41) is 11.9. The summed E-state index contributed by atoms with van der Waals surface area (Å²) in [5.74, 6) is -0.991. The lowest BCUT2D eigenvalue weighted by atomic mass is 10.2. The van der Waals surface area contributed by atoms with E-state index in [2.05, 4.69) is 5.32 Å². The first-order chi connectivity index (χ1) is 15.5. The Morgan fingerprint density at radius 2 is 1.41 bits per heavy atom. The van der Waals surface area contributed by atoms with Crippen molar-refractivity contribution in [2.24, 2.45) is 5.73 Å². The maximum atomic E-state index is 11.9. The summed E-state index contributed by atoms with van der Waals surface area (Å²) in [4.78, 5) is 35.6. The lowest BCUT2D eigenvalue weighted by Gasteiger charge is -2.15.